The molecular weight excluding hydrogens is 378 g/mol. The second-order valence-corrected chi connectivity index (χ2v) is 8.89. The maximum Gasteiger partial charge on any atom is 0.104 e. The van der Waals surface area contributed by atoms with E-state index in [1.165, 1.54) is 12.8 Å². The third-order valence-corrected chi connectivity index (χ3v) is 6.84. The lowest BCUT2D eigenvalue weighted by atomic mass is 9.83. The highest BCUT2D eigenvalue weighted by Gasteiger charge is 2.51. The molecule has 4 heterocycles. The Morgan fingerprint density at radius 1 is 1.21 bits per heavy atom. The van der Waals surface area contributed by atoms with E-state index in [1.54, 1.807) is 0 Å². The van der Waals surface area contributed by atoms with Crippen LogP contribution in [0.5, 0.6) is 0 Å². The molecule has 28 heavy (non-hydrogen) atoms. The van der Waals surface area contributed by atoms with E-state index in [0.717, 1.165) is 28.8 Å². The number of fused-ring (bicyclic) bond motifs is 3. The third-order valence-electron chi connectivity index (χ3n) is 6.53. The van der Waals surface area contributed by atoms with Crippen molar-refractivity contribution in [3.05, 3.63) is 35.7 Å². The molecule has 8 heteroatoms. The molecule has 1 aromatic carbocycles. The number of rotatable bonds is 3. The molecule has 3 aromatic rings. The Kier molecular flexibility index (Phi) is 3.44. The zero-order valence-corrected chi connectivity index (χ0v) is 16.4. The molecule has 1 N–H and O–H groups in total. The number of aliphatic hydroxyl groups is 1. The van der Waals surface area contributed by atoms with Crippen molar-refractivity contribution in [2.24, 2.45) is 5.92 Å². The zero-order valence-electron chi connectivity index (χ0n) is 15.6. The quantitative estimate of drug-likeness (QED) is 0.733. The first-order chi connectivity index (χ1) is 13.5. The average Bonchev–Trinajstić information content (AvgIpc) is 3.25. The van der Waals surface area contributed by atoms with E-state index in [0.29, 0.717) is 24.2 Å². The van der Waals surface area contributed by atoms with Gasteiger partial charge in [-0.3, -0.25) is 4.68 Å². The van der Waals surface area contributed by atoms with Gasteiger partial charge in [0.05, 0.1) is 53.1 Å². The highest BCUT2D eigenvalue weighted by atomic mass is 35.5. The van der Waals surface area contributed by atoms with Gasteiger partial charge >= 0.3 is 0 Å². The van der Waals surface area contributed by atoms with Crippen LogP contribution in [0.2, 0.25) is 5.02 Å². The summed E-state index contributed by atoms with van der Waals surface area (Å²) in [4.78, 5) is 2.23. The van der Waals surface area contributed by atoms with Crippen molar-refractivity contribution in [3.63, 3.8) is 0 Å². The van der Waals surface area contributed by atoms with E-state index in [9.17, 15) is 5.11 Å². The molecule has 1 saturated carbocycles. The largest absolute Gasteiger partial charge is 0.387 e. The van der Waals surface area contributed by atoms with Gasteiger partial charge in [0.15, 0.2) is 0 Å². The fourth-order valence-electron chi connectivity index (χ4n) is 4.50. The van der Waals surface area contributed by atoms with Crippen LogP contribution in [-0.4, -0.2) is 56.1 Å². The van der Waals surface area contributed by atoms with Gasteiger partial charge in [0.25, 0.3) is 0 Å². The molecule has 0 amide bonds. The molecule has 6 rings (SSSR count). The van der Waals surface area contributed by atoms with Crippen LogP contribution in [0.4, 0.5) is 5.69 Å². The predicted octanol–water partition coefficient (Wildman–Crippen LogP) is 2.80. The van der Waals surface area contributed by atoms with Gasteiger partial charge in [0.1, 0.15) is 11.8 Å². The topological polar surface area (TPSA) is 68.3 Å². The second-order valence-electron chi connectivity index (χ2n) is 8.48. The van der Waals surface area contributed by atoms with Crippen molar-refractivity contribution in [3.8, 4) is 5.69 Å². The Bertz CT molecular complexity index is 1050. The monoisotopic (exact) mass is 399 g/mol. The molecular formula is C20H22ClN5O2. The van der Waals surface area contributed by atoms with Gasteiger partial charge in [-0.2, -0.15) is 10.2 Å². The normalized spacial score (nSPS) is 29.8. The Hall–Kier alpha value is -2.09. The highest BCUT2D eigenvalue weighted by molar-refractivity contribution is 6.34. The Labute approximate surface area is 167 Å². The summed E-state index contributed by atoms with van der Waals surface area (Å²) < 4.78 is 9.77. The molecule has 3 aliphatic rings. The maximum absolute atomic E-state index is 10.7. The van der Waals surface area contributed by atoms with Crippen molar-refractivity contribution in [1.82, 2.24) is 19.6 Å². The molecule has 1 unspecified atom stereocenters. The van der Waals surface area contributed by atoms with Crippen molar-refractivity contribution in [2.45, 2.75) is 37.5 Å². The number of anilines is 1. The average molecular weight is 400 g/mol. The van der Waals surface area contributed by atoms with E-state index in [2.05, 4.69) is 27.4 Å². The summed E-state index contributed by atoms with van der Waals surface area (Å²) >= 11 is 6.63. The van der Waals surface area contributed by atoms with E-state index in [1.807, 2.05) is 34.7 Å². The first-order valence-electron chi connectivity index (χ1n) is 9.81. The van der Waals surface area contributed by atoms with E-state index < -0.39 is 5.60 Å². The van der Waals surface area contributed by atoms with E-state index in [-0.39, 0.29) is 12.0 Å². The molecule has 3 fully saturated rings. The smallest absolute Gasteiger partial charge is 0.104 e. The van der Waals surface area contributed by atoms with Gasteiger partial charge in [-0.25, -0.2) is 4.68 Å². The van der Waals surface area contributed by atoms with Crippen molar-refractivity contribution in [1.29, 1.82) is 0 Å². The molecule has 0 spiro atoms. The lowest BCUT2D eigenvalue weighted by Crippen LogP contribution is -2.55. The Morgan fingerprint density at radius 2 is 2.07 bits per heavy atom. The highest BCUT2D eigenvalue weighted by Crippen LogP contribution is 2.41. The molecule has 1 aliphatic carbocycles. The first-order valence-corrected chi connectivity index (χ1v) is 10.2. The second kappa shape index (κ2) is 5.72. The van der Waals surface area contributed by atoms with Gasteiger partial charge in [0, 0.05) is 24.4 Å². The molecule has 2 aromatic heterocycles. The first kappa shape index (κ1) is 16.8. The van der Waals surface area contributed by atoms with Gasteiger partial charge in [-0.05, 0) is 31.9 Å². The number of nitrogens with zero attached hydrogens (tertiary/aromatic N) is 5. The van der Waals surface area contributed by atoms with Crippen LogP contribution >= 0.6 is 11.6 Å². The van der Waals surface area contributed by atoms with Crippen LogP contribution in [0.3, 0.4) is 0 Å². The maximum atomic E-state index is 10.7. The summed E-state index contributed by atoms with van der Waals surface area (Å²) in [6.07, 6.45) is 7.97. The minimum atomic E-state index is -0.772. The molecule has 2 bridgehead atoms. The van der Waals surface area contributed by atoms with Crippen LogP contribution in [0.1, 0.15) is 25.8 Å². The molecule has 3 atom stereocenters. The number of piperidine rings is 1. The lowest BCUT2D eigenvalue weighted by molar-refractivity contribution is -0.0435. The van der Waals surface area contributed by atoms with Gasteiger partial charge < -0.3 is 14.7 Å². The third kappa shape index (κ3) is 2.43. The number of aromatic nitrogens is 4. The van der Waals surface area contributed by atoms with E-state index in [4.69, 9.17) is 16.3 Å². The number of benzene rings is 1. The van der Waals surface area contributed by atoms with Crippen molar-refractivity contribution < 1.29 is 9.84 Å². The zero-order chi connectivity index (χ0) is 19.0. The summed E-state index contributed by atoms with van der Waals surface area (Å²) in [7, 11) is 0. The number of hydrogen-bond acceptors (Lipinski definition) is 5. The number of ether oxygens (including phenoxy) is 1. The van der Waals surface area contributed by atoms with Crippen molar-refractivity contribution >= 4 is 28.2 Å². The molecule has 2 aliphatic heterocycles. The minimum Gasteiger partial charge on any atom is -0.387 e. The number of halogens is 1. The Balaban J connectivity index is 1.39. The minimum absolute atomic E-state index is 0.0831. The lowest BCUT2D eigenvalue weighted by Gasteiger charge is -2.41. The summed E-state index contributed by atoms with van der Waals surface area (Å²) in [6, 6.07) is 4.60. The molecule has 7 nitrogen and oxygen atoms in total. The van der Waals surface area contributed by atoms with Gasteiger partial charge in [-0.15, -0.1) is 0 Å². The standard InChI is InChI=1S/C20H22ClN5O2/c1-20(27)13-8-24(10-19(20)28-11-13)18-5-17-12(4-16(18)21)6-23-26(17)15-7-22-25(9-15)14-2-3-14/h4-7,9,13-14,19,27H,2-3,8,10-11H2,1H3/t13?,19-,20-/m0/s1. The summed E-state index contributed by atoms with van der Waals surface area (Å²) in [5.74, 6) is 0.0831. The summed E-state index contributed by atoms with van der Waals surface area (Å²) in [6.45, 7) is 3.82. The Morgan fingerprint density at radius 3 is 2.86 bits per heavy atom. The van der Waals surface area contributed by atoms with Crippen LogP contribution in [-0.2, 0) is 4.74 Å². The van der Waals surface area contributed by atoms with Crippen LogP contribution in [0.15, 0.2) is 30.7 Å². The SMILES string of the molecule is C[C@]1(O)C2CO[C@H]1CN(c1cc3c(cnn3-c3cnn(C4CC4)c3)cc1Cl)C2. The fourth-order valence-corrected chi connectivity index (χ4v) is 4.80. The molecule has 2 saturated heterocycles. The predicted molar refractivity (Wildman–Crippen MR) is 106 cm³/mol. The van der Waals surface area contributed by atoms with Gasteiger partial charge in [0.2, 0.25) is 0 Å². The summed E-state index contributed by atoms with van der Waals surface area (Å²) in [5, 5.41) is 21.4. The number of hydrogen-bond donors (Lipinski definition) is 1. The summed E-state index contributed by atoms with van der Waals surface area (Å²) in [5.41, 5.74) is 2.15. The van der Waals surface area contributed by atoms with Crippen LogP contribution in [0, 0.1) is 5.92 Å². The molecule has 146 valence electrons. The van der Waals surface area contributed by atoms with Gasteiger partial charge in [-0.1, -0.05) is 11.6 Å². The van der Waals surface area contributed by atoms with Crippen molar-refractivity contribution in [2.75, 3.05) is 24.6 Å². The molecule has 0 radical (unpaired) electrons. The van der Waals surface area contributed by atoms with Crippen LogP contribution < -0.4 is 4.90 Å². The fraction of sp³-hybridized carbons (Fsp3) is 0.500. The van der Waals surface area contributed by atoms with E-state index >= 15 is 0 Å². The van der Waals surface area contributed by atoms with Crippen LogP contribution in [0.25, 0.3) is 16.6 Å².